The molecule has 1 N–H and O–H groups in total. The molecule has 0 radical (unpaired) electrons. The molecule has 1 aliphatic rings. The Morgan fingerprint density at radius 3 is 2.51 bits per heavy atom. The number of carbonyl (C=O) groups is 2. The molecule has 1 unspecified atom stereocenters. The highest BCUT2D eigenvalue weighted by Crippen LogP contribution is 2.43. The van der Waals surface area contributed by atoms with Crippen molar-refractivity contribution in [2.24, 2.45) is 0 Å². The van der Waals surface area contributed by atoms with Gasteiger partial charge in [-0.1, -0.05) is 41.3 Å². The molecule has 1 aromatic carbocycles. The van der Waals surface area contributed by atoms with Crippen LogP contribution in [-0.4, -0.2) is 37.0 Å². The number of thioether (sulfide) groups is 1. The van der Waals surface area contributed by atoms with E-state index in [1.807, 2.05) is 0 Å². The molecule has 1 amide bonds. The molecule has 1 aliphatic heterocycles. The summed E-state index contributed by atoms with van der Waals surface area (Å²) in [5, 5.41) is 19.5. The van der Waals surface area contributed by atoms with E-state index >= 15 is 0 Å². The predicted molar refractivity (Wildman–Crippen MR) is 129 cm³/mol. The van der Waals surface area contributed by atoms with Crippen molar-refractivity contribution in [2.45, 2.75) is 16.1 Å². The minimum atomic E-state index is -0.931. The summed E-state index contributed by atoms with van der Waals surface area (Å²) in [4.78, 5) is 35.6. The van der Waals surface area contributed by atoms with Crippen LogP contribution in [0.15, 0.2) is 83.2 Å². The van der Waals surface area contributed by atoms with Gasteiger partial charge in [0.05, 0.1) is 11.6 Å². The molecule has 0 aliphatic carbocycles. The molecule has 0 saturated carbocycles. The number of nitrogens with zero attached hydrogens (tertiary/aromatic N) is 5. The van der Waals surface area contributed by atoms with Crippen LogP contribution >= 0.6 is 23.1 Å². The molecule has 174 valence electrons. The Hall–Kier alpha value is -3.96. The monoisotopic (exact) mass is 505 g/mol. The molecule has 1 fully saturated rings. The van der Waals surface area contributed by atoms with E-state index in [4.69, 9.17) is 0 Å². The minimum Gasteiger partial charge on any atom is -0.507 e. The van der Waals surface area contributed by atoms with Gasteiger partial charge in [0, 0.05) is 36.1 Å². The van der Waals surface area contributed by atoms with Crippen LogP contribution in [0.3, 0.4) is 0 Å². The second-order valence-electron chi connectivity index (χ2n) is 7.46. The van der Waals surface area contributed by atoms with Gasteiger partial charge in [-0.3, -0.25) is 24.5 Å². The van der Waals surface area contributed by atoms with Crippen molar-refractivity contribution in [3.05, 3.63) is 101 Å². The SMILES string of the molecule is O=C1C(=O)N(c2nnc(SCc3ccc(F)cc3)s2)C(c2cccnc2)/C1=C(\O)c1ccncc1. The molecule has 11 heteroatoms. The predicted octanol–water partition coefficient (Wildman–Crippen LogP) is 4.39. The van der Waals surface area contributed by atoms with Gasteiger partial charge in [0.1, 0.15) is 11.6 Å². The third-order valence-electron chi connectivity index (χ3n) is 5.28. The van der Waals surface area contributed by atoms with Crippen molar-refractivity contribution in [3.63, 3.8) is 0 Å². The van der Waals surface area contributed by atoms with Crippen LogP contribution in [0.1, 0.15) is 22.7 Å². The maximum absolute atomic E-state index is 13.2. The number of anilines is 1. The summed E-state index contributed by atoms with van der Waals surface area (Å²) in [5.74, 6) is -1.74. The fourth-order valence-electron chi connectivity index (χ4n) is 3.63. The first kappa shape index (κ1) is 22.8. The number of benzene rings is 1. The maximum atomic E-state index is 13.2. The van der Waals surface area contributed by atoms with Gasteiger partial charge in [-0.05, 0) is 41.5 Å². The molecule has 0 bridgehead atoms. The van der Waals surface area contributed by atoms with E-state index in [0.717, 1.165) is 16.9 Å². The summed E-state index contributed by atoms with van der Waals surface area (Å²) >= 11 is 2.53. The number of halogens is 1. The first-order valence-electron chi connectivity index (χ1n) is 10.3. The Kier molecular flexibility index (Phi) is 6.34. The summed E-state index contributed by atoms with van der Waals surface area (Å²) < 4.78 is 13.7. The highest BCUT2D eigenvalue weighted by atomic mass is 32.2. The summed E-state index contributed by atoms with van der Waals surface area (Å²) in [7, 11) is 0. The van der Waals surface area contributed by atoms with E-state index < -0.39 is 17.7 Å². The Labute approximate surface area is 207 Å². The average molecular weight is 506 g/mol. The van der Waals surface area contributed by atoms with Crippen LogP contribution in [0.4, 0.5) is 9.52 Å². The number of Topliss-reactive ketones (excluding diaryl/α,β-unsaturated/α-hetero) is 1. The summed E-state index contributed by atoms with van der Waals surface area (Å²) in [6, 6.07) is 11.7. The van der Waals surface area contributed by atoms with Crippen LogP contribution < -0.4 is 4.90 Å². The van der Waals surface area contributed by atoms with E-state index in [0.29, 0.717) is 21.2 Å². The largest absolute Gasteiger partial charge is 0.507 e. The van der Waals surface area contributed by atoms with Crippen LogP contribution in [0.5, 0.6) is 0 Å². The molecule has 8 nitrogen and oxygen atoms in total. The third kappa shape index (κ3) is 4.55. The van der Waals surface area contributed by atoms with Crippen molar-refractivity contribution in [3.8, 4) is 0 Å². The fourth-order valence-corrected chi connectivity index (χ4v) is 5.46. The first-order chi connectivity index (χ1) is 17.0. The van der Waals surface area contributed by atoms with Gasteiger partial charge < -0.3 is 5.11 Å². The lowest BCUT2D eigenvalue weighted by molar-refractivity contribution is -0.132. The number of rotatable bonds is 6. The lowest BCUT2D eigenvalue weighted by Crippen LogP contribution is -2.29. The number of hydrogen-bond donors (Lipinski definition) is 1. The van der Waals surface area contributed by atoms with Gasteiger partial charge >= 0.3 is 5.91 Å². The van der Waals surface area contributed by atoms with Crippen molar-refractivity contribution in [1.82, 2.24) is 20.2 Å². The zero-order valence-electron chi connectivity index (χ0n) is 17.9. The lowest BCUT2D eigenvalue weighted by Gasteiger charge is -2.22. The zero-order valence-corrected chi connectivity index (χ0v) is 19.5. The Balaban J connectivity index is 1.51. The number of pyridine rings is 2. The van der Waals surface area contributed by atoms with Gasteiger partial charge in [0.2, 0.25) is 5.13 Å². The van der Waals surface area contributed by atoms with Gasteiger partial charge in [0.15, 0.2) is 4.34 Å². The van der Waals surface area contributed by atoms with E-state index in [2.05, 4.69) is 20.2 Å². The second kappa shape index (κ2) is 9.72. The number of hydrogen-bond acceptors (Lipinski definition) is 9. The normalized spacial score (nSPS) is 17.2. The van der Waals surface area contributed by atoms with Crippen molar-refractivity contribution >= 4 is 45.7 Å². The molecule has 5 rings (SSSR count). The van der Waals surface area contributed by atoms with Crippen molar-refractivity contribution in [2.75, 3.05) is 4.90 Å². The molecule has 35 heavy (non-hydrogen) atoms. The first-order valence-corrected chi connectivity index (χ1v) is 12.1. The van der Waals surface area contributed by atoms with Gasteiger partial charge in [-0.25, -0.2) is 4.39 Å². The lowest BCUT2D eigenvalue weighted by atomic mass is 9.97. The molecule has 1 saturated heterocycles. The van der Waals surface area contributed by atoms with E-state index in [9.17, 15) is 19.1 Å². The Bertz CT molecular complexity index is 1410. The number of amides is 1. The van der Waals surface area contributed by atoms with Crippen molar-refractivity contribution < 1.29 is 19.1 Å². The molecule has 0 spiro atoms. The number of aliphatic hydroxyl groups is 1. The van der Waals surface area contributed by atoms with Crippen LogP contribution in [-0.2, 0) is 15.3 Å². The zero-order chi connectivity index (χ0) is 24.4. The smallest absolute Gasteiger partial charge is 0.301 e. The topological polar surface area (TPSA) is 109 Å². The molecule has 3 aromatic heterocycles. The highest BCUT2D eigenvalue weighted by molar-refractivity contribution is 8.00. The van der Waals surface area contributed by atoms with Crippen LogP contribution in [0.2, 0.25) is 0 Å². The molecule has 1 atom stereocenters. The van der Waals surface area contributed by atoms with Gasteiger partial charge in [-0.2, -0.15) is 0 Å². The van der Waals surface area contributed by atoms with Crippen LogP contribution in [0, 0.1) is 5.82 Å². The average Bonchev–Trinajstić information content (AvgIpc) is 3.46. The van der Waals surface area contributed by atoms with Gasteiger partial charge in [-0.15, -0.1) is 10.2 Å². The molecule has 4 aromatic rings. The Morgan fingerprint density at radius 1 is 1.03 bits per heavy atom. The third-order valence-corrected chi connectivity index (χ3v) is 7.40. The number of aliphatic hydroxyl groups excluding tert-OH is 1. The number of aromatic nitrogens is 4. The molecular formula is C24H16FN5O3S2. The highest BCUT2D eigenvalue weighted by Gasteiger charge is 2.48. The fraction of sp³-hybridized carbons (Fsp3) is 0.0833. The molecular weight excluding hydrogens is 489 g/mol. The van der Waals surface area contributed by atoms with Gasteiger partial charge in [0.25, 0.3) is 5.78 Å². The molecule has 4 heterocycles. The maximum Gasteiger partial charge on any atom is 0.301 e. The Morgan fingerprint density at radius 2 is 1.80 bits per heavy atom. The standard InChI is InChI=1S/C24H16FN5O3S2/c25-17-5-3-14(4-6-17)13-34-24-29-28-23(35-24)30-19(16-2-1-9-27-12-16)18(21(32)22(30)33)20(31)15-7-10-26-11-8-15/h1-12,19,31H,13H2/b20-18+. The van der Waals surface area contributed by atoms with E-state index in [1.165, 1.54) is 47.4 Å². The summed E-state index contributed by atoms with van der Waals surface area (Å²) in [5.41, 5.74) is 1.74. The number of ketones is 1. The minimum absolute atomic E-state index is 0.0649. The number of carbonyl (C=O) groups excluding carboxylic acids is 2. The van der Waals surface area contributed by atoms with E-state index in [-0.39, 0.29) is 22.3 Å². The summed E-state index contributed by atoms with van der Waals surface area (Å²) in [6.07, 6.45) is 6.08. The van der Waals surface area contributed by atoms with Crippen molar-refractivity contribution in [1.29, 1.82) is 0 Å². The second-order valence-corrected chi connectivity index (χ2v) is 9.64. The summed E-state index contributed by atoms with van der Waals surface area (Å²) in [6.45, 7) is 0. The quantitative estimate of drug-likeness (QED) is 0.135. The van der Waals surface area contributed by atoms with Crippen LogP contribution in [0.25, 0.3) is 5.76 Å². The van der Waals surface area contributed by atoms with E-state index in [1.54, 1.807) is 42.6 Å².